The Balaban J connectivity index is 1.86. The Morgan fingerprint density at radius 1 is 1.32 bits per heavy atom. The Bertz CT molecular complexity index is 666. The van der Waals surface area contributed by atoms with Crippen LogP contribution in [0.5, 0.6) is 5.88 Å². The highest BCUT2D eigenvalue weighted by atomic mass is 16.5. The van der Waals surface area contributed by atoms with E-state index in [0.29, 0.717) is 23.0 Å². The highest BCUT2D eigenvalue weighted by molar-refractivity contribution is 6.06. The van der Waals surface area contributed by atoms with Crippen LogP contribution >= 0.6 is 0 Å². The Morgan fingerprint density at radius 2 is 2.18 bits per heavy atom. The number of rotatable bonds is 4. The zero-order chi connectivity index (χ0) is 15.4. The average molecular weight is 297 g/mol. The number of methoxy groups -OCH3 is 1. The van der Waals surface area contributed by atoms with Crippen LogP contribution in [0.4, 0.5) is 5.69 Å². The molecule has 2 heterocycles. The van der Waals surface area contributed by atoms with Crippen molar-refractivity contribution in [2.75, 3.05) is 25.5 Å². The fourth-order valence-corrected chi connectivity index (χ4v) is 2.82. The molecule has 0 bridgehead atoms. The van der Waals surface area contributed by atoms with Crippen molar-refractivity contribution in [2.24, 2.45) is 0 Å². The summed E-state index contributed by atoms with van der Waals surface area (Å²) < 4.78 is 5.18. The van der Waals surface area contributed by atoms with Gasteiger partial charge in [-0.05, 0) is 42.6 Å². The van der Waals surface area contributed by atoms with Gasteiger partial charge >= 0.3 is 0 Å². The third-order valence-electron chi connectivity index (χ3n) is 3.92. The van der Waals surface area contributed by atoms with E-state index in [0.717, 1.165) is 25.1 Å². The molecule has 1 aromatic carbocycles. The van der Waals surface area contributed by atoms with E-state index < -0.39 is 0 Å². The van der Waals surface area contributed by atoms with E-state index in [1.807, 2.05) is 24.3 Å². The number of hydrogen-bond acceptors (Lipinski definition) is 4. The molecule has 2 aromatic rings. The quantitative estimate of drug-likeness (QED) is 0.909. The predicted molar refractivity (Wildman–Crippen MR) is 85.4 cm³/mol. The van der Waals surface area contributed by atoms with Gasteiger partial charge in [-0.2, -0.15) is 0 Å². The van der Waals surface area contributed by atoms with Crippen LogP contribution in [-0.4, -0.2) is 31.1 Å². The number of ether oxygens (including phenoxy) is 1. The van der Waals surface area contributed by atoms with Gasteiger partial charge in [0.2, 0.25) is 5.88 Å². The van der Waals surface area contributed by atoms with E-state index >= 15 is 0 Å². The van der Waals surface area contributed by atoms with E-state index in [1.54, 1.807) is 18.3 Å². The van der Waals surface area contributed by atoms with E-state index in [1.165, 1.54) is 7.11 Å². The first-order valence-electron chi connectivity index (χ1n) is 7.39. The molecule has 1 aliphatic rings. The van der Waals surface area contributed by atoms with Gasteiger partial charge in [-0.3, -0.25) is 4.79 Å². The third kappa shape index (κ3) is 2.94. The molecule has 0 aliphatic carbocycles. The van der Waals surface area contributed by atoms with Gasteiger partial charge in [-0.15, -0.1) is 0 Å². The molecule has 5 heteroatoms. The number of hydrogen-bond donors (Lipinski definition) is 2. The molecule has 1 saturated heterocycles. The van der Waals surface area contributed by atoms with E-state index in [9.17, 15) is 4.79 Å². The Hall–Kier alpha value is -2.40. The highest BCUT2D eigenvalue weighted by Crippen LogP contribution is 2.27. The second-order valence-corrected chi connectivity index (χ2v) is 5.29. The fourth-order valence-electron chi connectivity index (χ4n) is 2.82. The molecular formula is C17H19N3O2. The van der Waals surface area contributed by atoms with Crippen LogP contribution in [-0.2, 0) is 0 Å². The first-order chi connectivity index (χ1) is 10.8. The van der Waals surface area contributed by atoms with Gasteiger partial charge in [-0.25, -0.2) is 4.98 Å². The molecule has 1 aromatic heterocycles. The van der Waals surface area contributed by atoms with Crippen LogP contribution < -0.4 is 15.4 Å². The SMILES string of the molecule is COc1ncccc1NC(=O)c1ccccc1C1CCNC1. The summed E-state index contributed by atoms with van der Waals surface area (Å²) in [4.78, 5) is 16.7. The van der Waals surface area contributed by atoms with E-state index in [4.69, 9.17) is 4.74 Å². The maximum atomic E-state index is 12.6. The van der Waals surface area contributed by atoms with Gasteiger partial charge in [0.25, 0.3) is 5.91 Å². The second kappa shape index (κ2) is 6.58. The number of aromatic nitrogens is 1. The molecule has 2 N–H and O–H groups in total. The number of benzene rings is 1. The monoisotopic (exact) mass is 297 g/mol. The Labute approximate surface area is 129 Å². The van der Waals surface area contributed by atoms with Gasteiger partial charge in [0, 0.05) is 18.3 Å². The maximum Gasteiger partial charge on any atom is 0.256 e. The van der Waals surface area contributed by atoms with Crippen molar-refractivity contribution in [1.29, 1.82) is 0 Å². The van der Waals surface area contributed by atoms with Crippen LogP contribution in [0.2, 0.25) is 0 Å². The molecule has 1 amide bonds. The van der Waals surface area contributed by atoms with Crippen molar-refractivity contribution in [3.63, 3.8) is 0 Å². The van der Waals surface area contributed by atoms with Gasteiger partial charge in [0.05, 0.1) is 7.11 Å². The molecule has 1 atom stereocenters. The number of carbonyl (C=O) groups is 1. The third-order valence-corrected chi connectivity index (χ3v) is 3.92. The van der Waals surface area contributed by atoms with E-state index in [2.05, 4.69) is 15.6 Å². The number of pyridine rings is 1. The van der Waals surface area contributed by atoms with Crippen molar-refractivity contribution >= 4 is 11.6 Å². The summed E-state index contributed by atoms with van der Waals surface area (Å²) in [5.74, 6) is 0.669. The zero-order valence-electron chi connectivity index (χ0n) is 12.5. The molecule has 0 saturated carbocycles. The maximum absolute atomic E-state index is 12.6. The lowest BCUT2D eigenvalue weighted by Gasteiger charge is -2.15. The van der Waals surface area contributed by atoms with Crippen molar-refractivity contribution in [3.8, 4) is 5.88 Å². The molecule has 0 spiro atoms. The molecular weight excluding hydrogens is 278 g/mol. The second-order valence-electron chi connectivity index (χ2n) is 5.29. The minimum atomic E-state index is -0.131. The lowest BCUT2D eigenvalue weighted by atomic mass is 9.93. The van der Waals surface area contributed by atoms with Crippen LogP contribution in [0.25, 0.3) is 0 Å². The average Bonchev–Trinajstić information content (AvgIpc) is 3.09. The highest BCUT2D eigenvalue weighted by Gasteiger charge is 2.22. The minimum Gasteiger partial charge on any atom is -0.480 e. The number of anilines is 1. The van der Waals surface area contributed by atoms with Crippen molar-refractivity contribution in [1.82, 2.24) is 10.3 Å². The summed E-state index contributed by atoms with van der Waals surface area (Å²) in [6.07, 6.45) is 2.69. The largest absolute Gasteiger partial charge is 0.480 e. The van der Waals surface area contributed by atoms with Crippen LogP contribution in [0.3, 0.4) is 0 Å². The lowest BCUT2D eigenvalue weighted by Crippen LogP contribution is -2.17. The van der Waals surface area contributed by atoms with Crippen molar-refractivity contribution < 1.29 is 9.53 Å². The van der Waals surface area contributed by atoms with E-state index in [-0.39, 0.29) is 5.91 Å². The summed E-state index contributed by atoms with van der Waals surface area (Å²) in [7, 11) is 1.54. The first kappa shape index (κ1) is 14.5. The van der Waals surface area contributed by atoms with Crippen LogP contribution in [0.15, 0.2) is 42.6 Å². The smallest absolute Gasteiger partial charge is 0.256 e. The van der Waals surface area contributed by atoms with Crippen molar-refractivity contribution in [2.45, 2.75) is 12.3 Å². The zero-order valence-corrected chi connectivity index (χ0v) is 12.5. The normalized spacial score (nSPS) is 17.2. The Kier molecular flexibility index (Phi) is 4.34. The molecule has 5 nitrogen and oxygen atoms in total. The predicted octanol–water partition coefficient (Wildman–Crippen LogP) is 2.42. The number of nitrogens with zero attached hydrogens (tertiary/aromatic N) is 1. The molecule has 3 rings (SSSR count). The summed E-state index contributed by atoms with van der Waals surface area (Å²) >= 11 is 0. The summed E-state index contributed by atoms with van der Waals surface area (Å²) in [5.41, 5.74) is 2.38. The lowest BCUT2D eigenvalue weighted by molar-refractivity contribution is 0.102. The molecule has 1 aliphatic heterocycles. The topological polar surface area (TPSA) is 63.2 Å². The van der Waals surface area contributed by atoms with Gasteiger partial charge in [-0.1, -0.05) is 18.2 Å². The summed E-state index contributed by atoms with van der Waals surface area (Å²) in [5, 5.41) is 6.24. The van der Waals surface area contributed by atoms with Crippen molar-refractivity contribution in [3.05, 3.63) is 53.7 Å². The minimum absolute atomic E-state index is 0.131. The van der Waals surface area contributed by atoms with Crippen LogP contribution in [0.1, 0.15) is 28.3 Å². The van der Waals surface area contributed by atoms with Crippen LogP contribution in [0, 0.1) is 0 Å². The molecule has 114 valence electrons. The standard InChI is InChI=1S/C17H19N3O2/c1-22-17-15(7-4-9-19-17)20-16(21)14-6-3-2-5-13(14)12-8-10-18-11-12/h2-7,9,12,18H,8,10-11H2,1H3,(H,20,21). The number of nitrogens with one attached hydrogen (secondary N) is 2. The number of amides is 1. The molecule has 22 heavy (non-hydrogen) atoms. The molecule has 1 unspecified atom stereocenters. The number of carbonyl (C=O) groups excluding carboxylic acids is 1. The van der Waals surface area contributed by atoms with Gasteiger partial charge < -0.3 is 15.4 Å². The van der Waals surface area contributed by atoms with Gasteiger partial charge in [0.1, 0.15) is 5.69 Å². The fraction of sp³-hybridized carbons (Fsp3) is 0.294. The summed E-state index contributed by atoms with van der Waals surface area (Å²) in [6.45, 7) is 1.91. The molecule has 1 fully saturated rings. The molecule has 0 radical (unpaired) electrons. The summed E-state index contributed by atoms with van der Waals surface area (Å²) in [6, 6.07) is 11.3. The van der Waals surface area contributed by atoms with Gasteiger partial charge in [0.15, 0.2) is 0 Å². The Morgan fingerprint density at radius 3 is 2.95 bits per heavy atom. The first-order valence-corrected chi connectivity index (χ1v) is 7.39.